The van der Waals surface area contributed by atoms with E-state index < -0.39 is 90.2 Å². The van der Waals surface area contributed by atoms with Crippen molar-refractivity contribution in [3.8, 4) is 0 Å². The summed E-state index contributed by atoms with van der Waals surface area (Å²) in [4.78, 5) is 82.0. The lowest BCUT2D eigenvalue weighted by Gasteiger charge is -2.30. The number of hydrogen-bond acceptors (Lipinski definition) is 10. The molecule has 0 aliphatic carbocycles. The minimum Gasteiger partial charge on any atom is -0.480 e. The summed E-state index contributed by atoms with van der Waals surface area (Å²) in [6.07, 6.45) is 3.07. The van der Waals surface area contributed by atoms with Gasteiger partial charge in [-0.15, -0.1) is 0 Å². The number of carboxylic acid groups (broad SMARTS) is 1. The molecule has 0 aromatic heterocycles. The van der Waals surface area contributed by atoms with Gasteiger partial charge in [0.25, 0.3) is 0 Å². The molecule has 0 radical (unpaired) electrons. The molecule has 0 saturated heterocycles. The molecule has 49 heavy (non-hydrogen) atoms. The van der Waals surface area contributed by atoms with Crippen LogP contribution in [0, 0.1) is 17.8 Å². The van der Waals surface area contributed by atoms with Crippen LogP contribution in [-0.2, 0) is 28.8 Å². The van der Waals surface area contributed by atoms with E-state index in [4.69, 9.17) is 17.2 Å². The van der Waals surface area contributed by atoms with Crippen LogP contribution in [0.4, 0.5) is 0 Å². The Balaban J connectivity index is 6.08. The van der Waals surface area contributed by atoms with Crippen molar-refractivity contribution in [3.63, 3.8) is 0 Å². The monoisotopic (exact) mass is 717 g/mol. The molecule has 17 nitrogen and oxygen atoms in total. The number of nitrogens with zero attached hydrogens (tertiary/aromatic N) is 1. The minimum atomic E-state index is -1.28. The molecule has 0 spiro atoms. The van der Waals surface area contributed by atoms with Crippen molar-refractivity contribution in [1.29, 1.82) is 0 Å². The minimum absolute atomic E-state index is 0.0394. The lowest BCUT2D eigenvalue weighted by Crippen LogP contribution is -2.61. The Kier molecular flexibility index (Phi) is 21.9. The number of aliphatic carboxylic acids is 1. The number of rotatable bonds is 24. The van der Waals surface area contributed by atoms with Gasteiger partial charge in [0.15, 0.2) is 5.96 Å². The van der Waals surface area contributed by atoms with E-state index in [0.29, 0.717) is 12.2 Å². The number of carbonyl (C=O) groups excluding carboxylic acids is 5. The Hall–Kier alpha value is -3.64. The lowest BCUT2D eigenvalue weighted by atomic mass is 9.95. The van der Waals surface area contributed by atoms with Crippen LogP contribution >= 0.6 is 11.8 Å². The molecule has 0 unspecified atom stereocenters. The maximum absolute atomic E-state index is 13.7. The van der Waals surface area contributed by atoms with Gasteiger partial charge in [0.05, 0.1) is 6.61 Å². The van der Waals surface area contributed by atoms with Crippen LogP contribution in [0.15, 0.2) is 4.99 Å². The molecule has 0 aliphatic rings. The Morgan fingerprint density at radius 2 is 1.29 bits per heavy atom. The van der Waals surface area contributed by atoms with E-state index in [0.717, 1.165) is 0 Å². The average Bonchev–Trinajstić information content (AvgIpc) is 3.03. The summed E-state index contributed by atoms with van der Waals surface area (Å²) in [5.74, 6) is -5.16. The van der Waals surface area contributed by atoms with E-state index in [1.54, 1.807) is 20.8 Å². The number of carboxylic acids is 1. The molecule has 282 valence electrons. The normalized spacial score (nSPS) is 15.5. The molecular formula is C31H59N9O8S. The van der Waals surface area contributed by atoms with Crippen molar-refractivity contribution in [3.05, 3.63) is 0 Å². The van der Waals surface area contributed by atoms with Crippen molar-refractivity contribution in [2.45, 2.75) is 110 Å². The number of nitrogens with one attached hydrogen (secondary N) is 5. The van der Waals surface area contributed by atoms with Crippen LogP contribution < -0.4 is 43.8 Å². The van der Waals surface area contributed by atoms with Gasteiger partial charge in [0, 0.05) is 6.54 Å². The van der Waals surface area contributed by atoms with Gasteiger partial charge in [0.1, 0.15) is 36.3 Å². The van der Waals surface area contributed by atoms with E-state index in [1.807, 2.05) is 27.0 Å². The molecule has 0 bridgehead atoms. The van der Waals surface area contributed by atoms with Gasteiger partial charge in [0.2, 0.25) is 29.5 Å². The molecule has 0 aromatic carbocycles. The smallest absolute Gasteiger partial charge is 0.326 e. The van der Waals surface area contributed by atoms with Crippen LogP contribution in [0.25, 0.3) is 0 Å². The number of hydrogen-bond donors (Lipinski definition) is 10. The maximum atomic E-state index is 13.7. The van der Waals surface area contributed by atoms with Crippen LogP contribution in [0.1, 0.15) is 73.6 Å². The van der Waals surface area contributed by atoms with Crippen LogP contribution in [0.3, 0.4) is 0 Å². The van der Waals surface area contributed by atoms with Gasteiger partial charge in [-0.3, -0.25) is 29.0 Å². The SMILES string of the molecule is CC[C@H](C)[C@H](NC(=O)[C@H](CCCN=C(N)N)NC(=O)[C@@H](N)CO)C(=O)N[C@H](C(=O)N[C@@H](CC(C)C)C(=O)N[C@@H](CCSC)C(=O)O)C(C)C. The number of guanidine groups is 1. The summed E-state index contributed by atoms with van der Waals surface area (Å²) >= 11 is 1.44. The van der Waals surface area contributed by atoms with E-state index in [2.05, 4.69) is 31.6 Å². The van der Waals surface area contributed by atoms with Crippen molar-refractivity contribution in [1.82, 2.24) is 26.6 Å². The largest absolute Gasteiger partial charge is 0.480 e. The predicted molar refractivity (Wildman–Crippen MR) is 189 cm³/mol. The summed E-state index contributed by atoms with van der Waals surface area (Å²) in [7, 11) is 0. The third kappa shape index (κ3) is 17.5. The third-order valence-electron chi connectivity index (χ3n) is 7.72. The molecule has 0 aliphatic heterocycles. The van der Waals surface area contributed by atoms with Crippen molar-refractivity contribution in [2.24, 2.45) is 39.9 Å². The van der Waals surface area contributed by atoms with Gasteiger partial charge >= 0.3 is 5.97 Å². The second kappa shape index (κ2) is 23.7. The quantitative estimate of drug-likeness (QED) is 0.0306. The molecule has 13 N–H and O–H groups in total. The first-order valence-corrected chi connectivity index (χ1v) is 17.9. The number of carbonyl (C=O) groups is 6. The van der Waals surface area contributed by atoms with E-state index in [9.17, 15) is 39.0 Å². The number of amides is 5. The fourth-order valence-electron chi connectivity index (χ4n) is 4.60. The Morgan fingerprint density at radius 3 is 1.78 bits per heavy atom. The summed E-state index contributed by atoms with van der Waals surface area (Å²) in [6, 6.07) is -6.88. The lowest BCUT2D eigenvalue weighted by molar-refractivity contribution is -0.142. The van der Waals surface area contributed by atoms with E-state index >= 15 is 0 Å². The van der Waals surface area contributed by atoms with E-state index in [-0.39, 0.29) is 44.1 Å². The van der Waals surface area contributed by atoms with Gasteiger partial charge < -0.3 is 54.0 Å². The number of aliphatic hydroxyl groups excluding tert-OH is 1. The highest BCUT2D eigenvalue weighted by Gasteiger charge is 2.35. The summed E-state index contributed by atoms with van der Waals surface area (Å²) < 4.78 is 0. The highest BCUT2D eigenvalue weighted by molar-refractivity contribution is 7.98. The van der Waals surface area contributed by atoms with Gasteiger partial charge in [-0.05, 0) is 55.4 Å². The van der Waals surface area contributed by atoms with Gasteiger partial charge in [-0.2, -0.15) is 11.8 Å². The molecule has 0 heterocycles. The fourth-order valence-corrected chi connectivity index (χ4v) is 5.07. The molecule has 5 amide bonds. The predicted octanol–water partition coefficient (Wildman–Crippen LogP) is -1.63. The number of thioether (sulfide) groups is 1. The Bertz CT molecular complexity index is 1120. The first-order valence-electron chi connectivity index (χ1n) is 16.5. The topological polar surface area (TPSA) is 293 Å². The number of aliphatic hydroxyl groups is 1. The molecule has 18 heteroatoms. The second-order valence-corrected chi connectivity index (χ2v) is 13.8. The molecular weight excluding hydrogens is 658 g/mol. The molecule has 0 saturated carbocycles. The van der Waals surface area contributed by atoms with E-state index in [1.165, 1.54) is 11.8 Å². The first-order chi connectivity index (χ1) is 22.9. The Labute approximate surface area is 293 Å². The standard InChI is InChI=1S/C31H59N9O8S/c1-8-18(6)24(40-26(43)20(10-9-12-35-31(33)34)36-25(42)19(32)15-41)29(46)39-23(17(4)5)28(45)38-22(14-16(2)3)27(44)37-21(30(47)48)11-13-49-7/h16-24,41H,8-15,32H2,1-7H3,(H,36,42)(H,37,44)(H,38,45)(H,39,46)(H,40,43)(H,47,48)(H4,33,34,35)/t18-,19-,20-,21-,22-,23-,24-/m0/s1. The summed E-state index contributed by atoms with van der Waals surface area (Å²) in [5.41, 5.74) is 16.4. The highest BCUT2D eigenvalue weighted by atomic mass is 32.2. The second-order valence-electron chi connectivity index (χ2n) is 12.8. The molecule has 0 rings (SSSR count). The zero-order chi connectivity index (χ0) is 37.8. The van der Waals surface area contributed by atoms with Crippen LogP contribution in [-0.4, -0.2) is 113 Å². The third-order valence-corrected chi connectivity index (χ3v) is 8.36. The van der Waals surface area contributed by atoms with Crippen LogP contribution in [0.2, 0.25) is 0 Å². The van der Waals surface area contributed by atoms with Gasteiger partial charge in [-0.25, -0.2) is 4.79 Å². The maximum Gasteiger partial charge on any atom is 0.326 e. The fraction of sp³-hybridized carbons (Fsp3) is 0.774. The van der Waals surface area contributed by atoms with Gasteiger partial charge in [-0.1, -0.05) is 48.0 Å². The number of aliphatic imine (C=N–C) groups is 1. The molecule has 0 aromatic rings. The zero-order valence-corrected chi connectivity index (χ0v) is 30.6. The van der Waals surface area contributed by atoms with Crippen molar-refractivity contribution < 1.29 is 39.0 Å². The molecule has 7 atom stereocenters. The zero-order valence-electron chi connectivity index (χ0n) is 29.8. The van der Waals surface area contributed by atoms with Crippen molar-refractivity contribution >= 4 is 53.2 Å². The molecule has 0 fully saturated rings. The number of nitrogens with two attached hydrogens (primary N) is 3. The Morgan fingerprint density at radius 1 is 0.755 bits per heavy atom. The summed E-state index contributed by atoms with van der Waals surface area (Å²) in [5, 5.41) is 32.0. The van der Waals surface area contributed by atoms with Crippen molar-refractivity contribution in [2.75, 3.05) is 25.2 Å². The average molecular weight is 718 g/mol. The summed E-state index contributed by atoms with van der Waals surface area (Å²) in [6.45, 7) is 10.2. The highest BCUT2D eigenvalue weighted by Crippen LogP contribution is 2.13. The first kappa shape index (κ1) is 45.4. The van der Waals surface area contributed by atoms with Crippen LogP contribution in [0.5, 0.6) is 0 Å².